The van der Waals surface area contributed by atoms with Gasteiger partial charge in [0.15, 0.2) is 5.17 Å². The Balaban J connectivity index is 1.45. The molecular weight excluding hydrogens is 495 g/mol. The lowest BCUT2D eigenvalue weighted by atomic mass is 10.2. The zero-order chi connectivity index (χ0) is 24.2. The number of aromatic carboxylic acids is 1. The number of carboxylic acid groups (broad SMARTS) is 1. The van der Waals surface area contributed by atoms with Gasteiger partial charge in [0, 0.05) is 22.7 Å². The Morgan fingerprint density at radius 3 is 2.59 bits per heavy atom. The van der Waals surface area contributed by atoms with Crippen LogP contribution in [0.3, 0.4) is 0 Å². The molecule has 6 nitrogen and oxygen atoms in total. The number of halogens is 2. The van der Waals surface area contributed by atoms with Crippen LogP contribution >= 0.6 is 35.0 Å². The molecule has 0 unspecified atom stereocenters. The van der Waals surface area contributed by atoms with Crippen molar-refractivity contribution in [3.8, 4) is 5.75 Å². The lowest BCUT2D eigenvalue weighted by Crippen LogP contribution is -2.23. The molecule has 1 heterocycles. The second kappa shape index (κ2) is 10.3. The predicted molar refractivity (Wildman–Crippen MR) is 136 cm³/mol. The number of likely N-dealkylation sites (N-methyl/N-ethyl adjacent to an activating group) is 1. The van der Waals surface area contributed by atoms with E-state index in [1.807, 2.05) is 30.3 Å². The summed E-state index contributed by atoms with van der Waals surface area (Å²) >= 11 is 13.3. The number of rotatable bonds is 6. The van der Waals surface area contributed by atoms with E-state index < -0.39 is 5.97 Å². The molecule has 1 aliphatic heterocycles. The molecule has 3 aromatic rings. The molecule has 1 saturated heterocycles. The molecule has 0 saturated carbocycles. The first-order valence-corrected chi connectivity index (χ1v) is 11.6. The molecule has 0 atom stereocenters. The number of carbonyl (C=O) groups excluding carboxylic acids is 1. The van der Waals surface area contributed by atoms with Gasteiger partial charge in [0.25, 0.3) is 5.91 Å². The molecule has 1 amide bonds. The Bertz CT molecular complexity index is 1320. The monoisotopic (exact) mass is 512 g/mol. The van der Waals surface area contributed by atoms with E-state index in [2.05, 4.69) is 4.99 Å². The van der Waals surface area contributed by atoms with E-state index >= 15 is 0 Å². The minimum atomic E-state index is -1.03. The lowest BCUT2D eigenvalue weighted by molar-refractivity contribution is -0.121. The molecule has 3 aromatic carbocycles. The van der Waals surface area contributed by atoms with Crippen molar-refractivity contribution >= 4 is 63.8 Å². The van der Waals surface area contributed by atoms with Crippen molar-refractivity contribution in [2.24, 2.45) is 4.99 Å². The van der Waals surface area contributed by atoms with E-state index in [9.17, 15) is 9.59 Å². The lowest BCUT2D eigenvalue weighted by Gasteiger charge is -2.08. The Kier molecular flexibility index (Phi) is 7.26. The Hall–Kier alpha value is -3.26. The standard InChI is InChI=1S/C25H18Cl2N2O4S/c1-29-23(30)22(34-25(29)28-19-4-2-3-16(12-19)24(31)32)11-15-5-9-20(10-6-15)33-14-17-7-8-18(26)13-21(17)27/h2-13H,14H2,1H3,(H,31,32). The van der Waals surface area contributed by atoms with E-state index in [-0.39, 0.29) is 11.5 Å². The van der Waals surface area contributed by atoms with Gasteiger partial charge in [-0.15, -0.1) is 0 Å². The summed E-state index contributed by atoms with van der Waals surface area (Å²) < 4.78 is 5.80. The zero-order valence-electron chi connectivity index (χ0n) is 17.9. The Labute approximate surface area is 210 Å². The van der Waals surface area contributed by atoms with Crippen molar-refractivity contribution in [1.82, 2.24) is 4.90 Å². The largest absolute Gasteiger partial charge is 0.489 e. The average molecular weight is 513 g/mol. The summed E-state index contributed by atoms with van der Waals surface area (Å²) in [5, 5.41) is 10.7. The van der Waals surface area contributed by atoms with E-state index in [1.54, 1.807) is 37.4 Å². The van der Waals surface area contributed by atoms with E-state index in [4.69, 9.17) is 33.0 Å². The van der Waals surface area contributed by atoms with Gasteiger partial charge in [0.05, 0.1) is 16.2 Å². The molecular formula is C25H18Cl2N2O4S. The summed E-state index contributed by atoms with van der Waals surface area (Å²) in [6, 6.07) is 18.8. The fraction of sp³-hybridized carbons (Fsp3) is 0.0800. The fourth-order valence-electron chi connectivity index (χ4n) is 3.08. The first-order chi connectivity index (χ1) is 16.3. The molecule has 1 aliphatic rings. The molecule has 0 spiro atoms. The Morgan fingerprint density at radius 2 is 1.88 bits per heavy atom. The van der Waals surface area contributed by atoms with Crippen LogP contribution in [0.5, 0.6) is 5.75 Å². The number of carboxylic acids is 1. The molecule has 0 bridgehead atoms. The number of aliphatic imine (C=N–C) groups is 1. The topological polar surface area (TPSA) is 79.2 Å². The highest BCUT2D eigenvalue weighted by Crippen LogP contribution is 2.33. The SMILES string of the molecule is CN1C(=O)C(=Cc2ccc(OCc3ccc(Cl)cc3Cl)cc2)SC1=Nc1cccc(C(=O)O)c1. The van der Waals surface area contributed by atoms with Crippen LogP contribution < -0.4 is 4.74 Å². The minimum absolute atomic E-state index is 0.134. The number of carbonyl (C=O) groups is 2. The number of amidine groups is 1. The molecule has 1 fully saturated rings. The van der Waals surface area contributed by atoms with Gasteiger partial charge in [0.2, 0.25) is 0 Å². The van der Waals surface area contributed by atoms with Gasteiger partial charge in [0.1, 0.15) is 12.4 Å². The highest BCUT2D eigenvalue weighted by molar-refractivity contribution is 8.18. The van der Waals surface area contributed by atoms with Crippen molar-refractivity contribution in [1.29, 1.82) is 0 Å². The maximum absolute atomic E-state index is 12.7. The zero-order valence-corrected chi connectivity index (χ0v) is 20.2. The van der Waals surface area contributed by atoms with Gasteiger partial charge < -0.3 is 9.84 Å². The average Bonchev–Trinajstić information content (AvgIpc) is 3.07. The number of thioether (sulfide) groups is 1. The van der Waals surface area contributed by atoms with Gasteiger partial charge in [-0.1, -0.05) is 47.5 Å². The normalized spacial score (nSPS) is 15.9. The fourth-order valence-corrected chi connectivity index (χ4v) is 4.53. The molecule has 0 aliphatic carbocycles. The number of ether oxygens (including phenoxy) is 1. The second-order valence-electron chi connectivity index (χ2n) is 7.32. The molecule has 4 rings (SSSR count). The van der Waals surface area contributed by atoms with Crippen LogP contribution in [0.15, 0.2) is 76.6 Å². The molecule has 172 valence electrons. The summed E-state index contributed by atoms with van der Waals surface area (Å²) in [6.07, 6.45) is 1.78. The number of amides is 1. The summed E-state index contributed by atoms with van der Waals surface area (Å²) in [5.41, 5.74) is 2.25. The summed E-state index contributed by atoms with van der Waals surface area (Å²) in [7, 11) is 1.63. The Morgan fingerprint density at radius 1 is 1.12 bits per heavy atom. The first kappa shape index (κ1) is 23.9. The smallest absolute Gasteiger partial charge is 0.335 e. The summed E-state index contributed by atoms with van der Waals surface area (Å²) in [5.74, 6) is -0.554. The number of nitrogens with zero attached hydrogens (tertiary/aromatic N) is 2. The van der Waals surface area contributed by atoms with Gasteiger partial charge in [-0.3, -0.25) is 9.69 Å². The third-order valence-corrected chi connectivity index (χ3v) is 6.56. The quantitative estimate of drug-likeness (QED) is 0.381. The number of benzene rings is 3. The van der Waals surface area contributed by atoms with Crippen LogP contribution in [0.4, 0.5) is 5.69 Å². The van der Waals surface area contributed by atoms with Crippen LogP contribution in [0.25, 0.3) is 6.08 Å². The van der Waals surface area contributed by atoms with Crippen LogP contribution in [0, 0.1) is 0 Å². The highest BCUT2D eigenvalue weighted by atomic mass is 35.5. The van der Waals surface area contributed by atoms with Gasteiger partial charge >= 0.3 is 5.97 Å². The van der Waals surface area contributed by atoms with Crippen LogP contribution in [0.1, 0.15) is 21.5 Å². The first-order valence-electron chi connectivity index (χ1n) is 10.1. The van der Waals surface area contributed by atoms with Crippen molar-refractivity contribution in [3.63, 3.8) is 0 Å². The third-order valence-electron chi connectivity index (χ3n) is 4.91. The van der Waals surface area contributed by atoms with Crippen LogP contribution in [0.2, 0.25) is 10.0 Å². The molecule has 0 aromatic heterocycles. The maximum atomic E-state index is 12.7. The summed E-state index contributed by atoms with van der Waals surface area (Å²) in [6.45, 7) is 0.304. The van der Waals surface area contributed by atoms with Crippen molar-refractivity contribution in [2.75, 3.05) is 7.05 Å². The molecule has 34 heavy (non-hydrogen) atoms. The maximum Gasteiger partial charge on any atom is 0.335 e. The van der Waals surface area contributed by atoms with Crippen LogP contribution in [-0.2, 0) is 11.4 Å². The van der Waals surface area contributed by atoms with Crippen molar-refractivity contribution in [3.05, 3.63) is 98.4 Å². The van der Waals surface area contributed by atoms with Gasteiger partial charge in [-0.05, 0) is 65.9 Å². The molecule has 9 heteroatoms. The van der Waals surface area contributed by atoms with Crippen molar-refractivity contribution in [2.45, 2.75) is 6.61 Å². The second-order valence-corrected chi connectivity index (χ2v) is 9.17. The van der Waals surface area contributed by atoms with E-state index in [0.29, 0.717) is 38.2 Å². The van der Waals surface area contributed by atoms with E-state index in [0.717, 1.165) is 11.1 Å². The van der Waals surface area contributed by atoms with Gasteiger partial charge in [-0.25, -0.2) is 9.79 Å². The molecule has 1 N–H and O–H groups in total. The van der Waals surface area contributed by atoms with E-state index in [1.165, 1.54) is 28.8 Å². The highest BCUT2D eigenvalue weighted by Gasteiger charge is 2.30. The number of hydrogen-bond acceptors (Lipinski definition) is 5. The number of hydrogen-bond donors (Lipinski definition) is 1. The predicted octanol–water partition coefficient (Wildman–Crippen LogP) is 6.50. The third kappa shape index (κ3) is 5.62. The molecule has 0 radical (unpaired) electrons. The minimum Gasteiger partial charge on any atom is -0.489 e. The van der Waals surface area contributed by atoms with Crippen LogP contribution in [-0.4, -0.2) is 34.1 Å². The van der Waals surface area contributed by atoms with Gasteiger partial charge in [-0.2, -0.15) is 0 Å². The summed E-state index contributed by atoms with van der Waals surface area (Å²) in [4.78, 5) is 30.3. The van der Waals surface area contributed by atoms with Crippen molar-refractivity contribution < 1.29 is 19.4 Å².